The van der Waals surface area contributed by atoms with Crippen LogP contribution < -0.4 is 16.0 Å². The van der Waals surface area contributed by atoms with Crippen LogP contribution in [0.5, 0.6) is 0 Å². The van der Waals surface area contributed by atoms with Gasteiger partial charge in [-0.2, -0.15) is 0 Å². The fraction of sp³-hybridized carbons (Fsp3) is 0.667. The van der Waals surface area contributed by atoms with Crippen molar-refractivity contribution >= 4 is 17.5 Å². The second kappa shape index (κ2) is 7.81. The summed E-state index contributed by atoms with van der Waals surface area (Å²) >= 11 is 0. The Morgan fingerprint density at radius 3 is 2.48 bits per heavy atom. The molecule has 6 nitrogen and oxygen atoms in total. The second-order valence-corrected chi connectivity index (χ2v) is 5.90. The average molecular weight is 293 g/mol. The van der Waals surface area contributed by atoms with Gasteiger partial charge in [-0.25, -0.2) is 9.97 Å². The lowest BCUT2D eigenvalue weighted by molar-refractivity contribution is -0.116. The quantitative estimate of drug-likeness (QED) is 0.765. The molecule has 1 rings (SSSR count). The Kier molecular flexibility index (Phi) is 6.39. The van der Waals surface area contributed by atoms with Crippen LogP contribution in [0.15, 0.2) is 6.07 Å². The zero-order chi connectivity index (χ0) is 16.0. The highest BCUT2D eigenvalue weighted by Gasteiger charge is 2.16. The highest BCUT2D eigenvalue weighted by atomic mass is 16.1. The zero-order valence-corrected chi connectivity index (χ0v) is 13.7. The second-order valence-electron chi connectivity index (χ2n) is 5.90. The number of hydrogen-bond donors (Lipinski definition) is 2. The first-order valence-electron chi connectivity index (χ1n) is 7.49. The summed E-state index contributed by atoms with van der Waals surface area (Å²) in [7, 11) is 0. The highest BCUT2D eigenvalue weighted by Crippen LogP contribution is 2.20. The van der Waals surface area contributed by atoms with Crippen molar-refractivity contribution in [3.63, 3.8) is 0 Å². The van der Waals surface area contributed by atoms with Crippen LogP contribution in [0.25, 0.3) is 0 Å². The van der Waals surface area contributed by atoms with E-state index in [0.29, 0.717) is 5.92 Å². The Labute approximate surface area is 127 Å². The molecule has 0 unspecified atom stereocenters. The van der Waals surface area contributed by atoms with Crippen LogP contribution in [-0.2, 0) is 4.79 Å². The standard InChI is InChI=1S/C15H27N5O/c1-6-17-13-7-14(19-15(18-13)11(4)5)20(8-10(2)3)9-12(16)21/h7,10-11H,6,8-9H2,1-5H3,(H2,16,21)(H,17,18,19). The molecule has 1 heterocycles. The largest absolute Gasteiger partial charge is 0.370 e. The average Bonchev–Trinajstić information content (AvgIpc) is 2.36. The van der Waals surface area contributed by atoms with Gasteiger partial charge in [0.05, 0.1) is 6.54 Å². The number of primary amides is 1. The highest BCUT2D eigenvalue weighted by molar-refractivity contribution is 5.79. The molecule has 0 atom stereocenters. The van der Waals surface area contributed by atoms with E-state index in [1.165, 1.54) is 0 Å². The molecule has 0 aliphatic heterocycles. The van der Waals surface area contributed by atoms with Gasteiger partial charge in [0.2, 0.25) is 5.91 Å². The van der Waals surface area contributed by atoms with Gasteiger partial charge in [-0.1, -0.05) is 27.7 Å². The first kappa shape index (κ1) is 17.2. The van der Waals surface area contributed by atoms with Gasteiger partial charge in [-0.3, -0.25) is 4.79 Å². The van der Waals surface area contributed by atoms with E-state index in [1.807, 2.05) is 17.9 Å². The van der Waals surface area contributed by atoms with Gasteiger partial charge in [0.1, 0.15) is 17.5 Å². The summed E-state index contributed by atoms with van der Waals surface area (Å²) in [6, 6.07) is 1.88. The Morgan fingerprint density at radius 2 is 2.00 bits per heavy atom. The summed E-state index contributed by atoms with van der Waals surface area (Å²) < 4.78 is 0. The number of anilines is 2. The van der Waals surface area contributed by atoms with Crippen LogP contribution >= 0.6 is 0 Å². The first-order valence-corrected chi connectivity index (χ1v) is 7.49. The van der Waals surface area contributed by atoms with Gasteiger partial charge >= 0.3 is 0 Å². The minimum atomic E-state index is -0.356. The summed E-state index contributed by atoms with van der Waals surface area (Å²) in [5.41, 5.74) is 5.36. The number of amides is 1. The normalized spacial score (nSPS) is 11.0. The minimum Gasteiger partial charge on any atom is -0.370 e. The van der Waals surface area contributed by atoms with Gasteiger partial charge < -0.3 is 16.0 Å². The van der Waals surface area contributed by atoms with Crippen LogP contribution in [0.4, 0.5) is 11.6 Å². The number of aromatic nitrogens is 2. The zero-order valence-electron chi connectivity index (χ0n) is 13.7. The maximum Gasteiger partial charge on any atom is 0.236 e. The predicted molar refractivity (Wildman–Crippen MR) is 86.5 cm³/mol. The Bertz CT molecular complexity index is 473. The molecule has 0 radical (unpaired) electrons. The van der Waals surface area contributed by atoms with Crippen molar-refractivity contribution in [1.29, 1.82) is 0 Å². The van der Waals surface area contributed by atoms with Crippen LogP contribution in [-0.4, -0.2) is 35.5 Å². The van der Waals surface area contributed by atoms with Crippen molar-refractivity contribution in [3.8, 4) is 0 Å². The smallest absolute Gasteiger partial charge is 0.236 e. The maximum atomic E-state index is 11.3. The van der Waals surface area contributed by atoms with Crippen molar-refractivity contribution in [2.45, 2.75) is 40.5 Å². The predicted octanol–water partition coefficient (Wildman–Crippen LogP) is 1.98. The number of hydrogen-bond acceptors (Lipinski definition) is 5. The van der Waals surface area contributed by atoms with Crippen molar-refractivity contribution in [2.75, 3.05) is 29.9 Å². The molecule has 6 heteroatoms. The molecular weight excluding hydrogens is 266 g/mol. The van der Waals surface area contributed by atoms with Crippen LogP contribution in [0.1, 0.15) is 46.4 Å². The Hall–Kier alpha value is -1.85. The molecule has 118 valence electrons. The Balaban J connectivity index is 3.17. The third-order valence-electron chi connectivity index (χ3n) is 2.86. The summed E-state index contributed by atoms with van der Waals surface area (Å²) in [6.07, 6.45) is 0. The molecule has 0 fully saturated rings. The van der Waals surface area contributed by atoms with Gasteiger partial charge in [-0.05, 0) is 12.8 Å². The summed E-state index contributed by atoms with van der Waals surface area (Å²) in [5.74, 6) is 2.56. The first-order chi connectivity index (χ1) is 9.83. The van der Waals surface area contributed by atoms with Gasteiger partial charge in [0.25, 0.3) is 0 Å². The fourth-order valence-electron chi connectivity index (χ4n) is 2.01. The maximum absolute atomic E-state index is 11.3. The number of carbonyl (C=O) groups excluding carboxylic acids is 1. The van der Waals surface area contributed by atoms with E-state index < -0.39 is 0 Å². The summed E-state index contributed by atoms with van der Waals surface area (Å²) in [4.78, 5) is 22.3. The molecule has 1 aromatic rings. The lowest BCUT2D eigenvalue weighted by atomic mass is 10.2. The van der Waals surface area contributed by atoms with E-state index in [0.717, 1.165) is 30.5 Å². The molecule has 21 heavy (non-hydrogen) atoms. The molecule has 0 saturated carbocycles. The summed E-state index contributed by atoms with van der Waals surface area (Å²) in [6.45, 7) is 12.0. The molecule has 0 aromatic carbocycles. The van der Waals surface area contributed by atoms with Crippen LogP contribution in [0.2, 0.25) is 0 Å². The van der Waals surface area contributed by atoms with Crippen LogP contribution in [0.3, 0.4) is 0 Å². The molecule has 1 amide bonds. The SMILES string of the molecule is CCNc1cc(N(CC(N)=O)CC(C)C)nc(C(C)C)n1. The molecule has 0 bridgehead atoms. The molecule has 0 saturated heterocycles. The van der Waals surface area contributed by atoms with Crippen molar-refractivity contribution in [1.82, 2.24) is 9.97 Å². The van der Waals surface area contributed by atoms with E-state index in [2.05, 4.69) is 43.0 Å². The van der Waals surface area contributed by atoms with Gasteiger partial charge in [-0.15, -0.1) is 0 Å². The number of carbonyl (C=O) groups is 1. The summed E-state index contributed by atoms with van der Waals surface area (Å²) in [5, 5.41) is 3.21. The van der Waals surface area contributed by atoms with E-state index in [9.17, 15) is 4.79 Å². The minimum absolute atomic E-state index is 0.165. The molecule has 0 aliphatic carbocycles. The van der Waals surface area contributed by atoms with Crippen molar-refractivity contribution in [3.05, 3.63) is 11.9 Å². The number of nitrogens with two attached hydrogens (primary N) is 1. The van der Waals surface area contributed by atoms with E-state index in [4.69, 9.17) is 5.73 Å². The lowest BCUT2D eigenvalue weighted by Gasteiger charge is -2.25. The van der Waals surface area contributed by atoms with Crippen LogP contribution in [0, 0.1) is 5.92 Å². The molecule has 1 aromatic heterocycles. The monoisotopic (exact) mass is 293 g/mol. The van der Waals surface area contributed by atoms with E-state index in [-0.39, 0.29) is 18.4 Å². The number of rotatable bonds is 8. The molecular formula is C15H27N5O. The van der Waals surface area contributed by atoms with Gasteiger partial charge in [0.15, 0.2) is 0 Å². The topological polar surface area (TPSA) is 84.1 Å². The van der Waals surface area contributed by atoms with Gasteiger partial charge in [0, 0.05) is 25.1 Å². The molecule has 0 aliphatic rings. The molecule has 0 spiro atoms. The van der Waals surface area contributed by atoms with E-state index in [1.54, 1.807) is 0 Å². The Morgan fingerprint density at radius 1 is 1.33 bits per heavy atom. The number of nitrogens with zero attached hydrogens (tertiary/aromatic N) is 3. The fourth-order valence-corrected chi connectivity index (χ4v) is 2.01. The van der Waals surface area contributed by atoms with Crippen molar-refractivity contribution in [2.24, 2.45) is 11.7 Å². The third kappa shape index (κ3) is 5.57. The number of nitrogens with one attached hydrogen (secondary N) is 1. The van der Waals surface area contributed by atoms with Crippen molar-refractivity contribution < 1.29 is 4.79 Å². The third-order valence-corrected chi connectivity index (χ3v) is 2.86. The lowest BCUT2D eigenvalue weighted by Crippen LogP contribution is -2.37. The molecule has 3 N–H and O–H groups in total. The van der Waals surface area contributed by atoms with E-state index >= 15 is 0 Å².